The number of ether oxygens (including phenoxy) is 1. The van der Waals surface area contributed by atoms with Crippen molar-refractivity contribution >= 4 is 16.0 Å². The fourth-order valence-electron chi connectivity index (χ4n) is 1.99. The minimum Gasteiger partial charge on any atom is -0.465 e. The zero-order chi connectivity index (χ0) is 14.6. The Balaban J connectivity index is 3.56. The Kier molecular flexibility index (Phi) is 5.08. The molecule has 106 valence electrons. The number of carbonyl (C=O) groups is 1. The lowest BCUT2D eigenvalue weighted by molar-refractivity contribution is 0.0599. The smallest absolute Gasteiger partial charge is 0.338 e. The lowest BCUT2D eigenvalue weighted by Crippen LogP contribution is -2.17. The summed E-state index contributed by atoms with van der Waals surface area (Å²) in [6.45, 7) is 3.83. The van der Waals surface area contributed by atoms with Crippen molar-refractivity contribution in [1.82, 2.24) is 0 Å². The number of carbonyl (C=O) groups excluding carboxylic acids is 1. The minimum absolute atomic E-state index is 0.00440. The summed E-state index contributed by atoms with van der Waals surface area (Å²) in [4.78, 5) is 11.7. The molecule has 0 saturated carbocycles. The van der Waals surface area contributed by atoms with Crippen molar-refractivity contribution in [2.75, 3.05) is 7.11 Å². The van der Waals surface area contributed by atoms with Crippen molar-refractivity contribution in [3.8, 4) is 0 Å². The van der Waals surface area contributed by atoms with Crippen LogP contribution in [0, 0.1) is 0 Å². The molecule has 0 aromatic heterocycles. The quantitative estimate of drug-likeness (QED) is 0.833. The van der Waals surface area contributed by atoms with Crippen LogP contribution in [-0.4, -0.2) is 21.5 Å². The van der Waals surface area contributed by atoms with E-state index in [2.05, 4.69) is 4.74 Å². The zero-order valence-corrected chi connectivity index (χ0v) is 12.2. The van der Waals surface area contributed by atoms with Crippen LogP contribution in [0.1, 0.15) is 41.8 Å². The van der Waals surface area contributed by atoms with E-state index in [1.54, 1.807) is 6.07 Å². The first-order chi connectivity index (χ1) is 8.85. The maximum atomic E-state index is 11.7. The second-order valence-electron chi connectivity index (χ2n) is 4.26. The molecule has 1 rings (SSSR count). The van der Waals surface area contributed by atoms with E-state index >= 15 is 0 Å². The van der Waals surface area contributed by atoms with E-state index in [1.807, 2.05) is 13.8 Å². The molecule has 19 heavy (non-hydrogen) atoms. The molecule has 5 nitrogen and oxygen atoms in total. The number of rotatable bonds is 5. The summed E-state index contributed by atoms with van der Waals surface area (Å²) >= 11 is 0. The molecule has 0 radical (unpaired) electrons. The fourth-order valence-corrected chi connectivity index (χ4v) is 2.84. The van der Waals surface area contributed by atoms with Crippen LogP contribution in [0.25, 0.3) is 0 Å². The second-order valence-corrected chi connectivity index (χ2v) is 5.79. The highest BCUT2D eigenvalue weighted by molar-refractivity contribution is 7.89. The van der Waals surface area contributed by atoms with Crippen molar-refractivity contribution < 1.29 is 17.9 Å². The van der Waals surface area contributed by atoms with Gasteiger partial charge in [0.2, 0.25) is 10.0 Å². The summed E-state index contributed by atoms with van der Waals surface area (Å²) in [5.74, 6) is -0.545. The Morgan fingerprint density at radius 2 is 1.89 bits per heavy atom. The standard InChI is InChI=1S/C13H19NO4S/c1-4-6-10-7-9(5-2)12(19(14,16)17)8-11(10)13(15)18-3/h7-8H,4-6H2,1-3H3,(H2,14,16,17). The fraction of sp³-hybridized carbons (Fsp3) is 0.462. The Morgan fingerprint density at radius 1 is 1.26 bits per heavy atom. The third kappa shape index (κ3) is 3.54. The maximum Gasteiger partial charge on any atom is 0.338 e. The third-order valence-corrected chi connectivity index (χ3v) is 3.89. The van der Waals surface area contributed by atoms with Crippen molar-refractivity contribution in [2.24, 2.45) is 5.14 Å². The Labute approximate surface area is 113 Å². The first kappa shape index (κ1) is 15.7. The minimum atomic E-state index is -3.85. The molecule has 0 bridgehead atoms. The van der Waals surface area contributed by atoms with Crippen LogP contribution in [0.15, 0.2) is 17.0 Å². The highest BCUT2D eigenvalue weighted by atomic mass is 32.2. The van der Waals surface area contributed by atoms with Gasteiger partial charge in [0.1, 0.15) is 0 Å². The molecule has 1 aromatic rings. The van der Waals surface area contributed by atoms with E-state index < -0.39 is 16.0 Å². The van der Waals surface area contributed by atoms with Crippen LogP contribution in [-0.2, 0) is 27.6 Å². The van der Waals surface area contributed by atoms with Crippen LogP contribution in [0.2, 0.25) is 0 Å². The molecule has 0 heterocycles. The molecular weight excluding hydrogens is 266 g/mol. The summed E-state index contributed by atoms with van der Waals surface area (Å²) < 4.78 is 27.8. The largest absolute Gasteiger partial charge is 0.465 e. The van der Waals surface area contributed by atoms with Gasteiger partial charge in [-0.05, 0) is 30.0 Å². The predicted octanol–water partition coefficient (Wildman–Crippen LogP) is 1.64. The Hall–Kier alpha value is -1.40. The molecular formula is C13H19NO4S. The number of aryl methyl sites for hydroxylation is 2. The van der Waals surface area contributed by atoms with Crippen molar-refractivity contribution in [3.05, 3.63) is 28.8 Å². The van der Waals surface area contributed by atoms with Gasteiger partial charge >= 0.3 is 5.97 Å². The van der Waals surface area contributed by atoms with E-state index in [1.165, 1.54) is 13.2 Å². The van der Waals surface area contributed by atoms with Crippen molar-refractivity contribution in [2.45, 2.75) is 38.0 Å². The molecule has 1 aromatic carbocycles. The SMILES string of the molecule is CCCc1cc(CC)c(S(N)(=O)=O)cc1C(=O)OC. The van der Waals surface area contributed by atoms with Gasteiger partial charge in [0.15, 0.2) is 0 Å². The van der Waals surface area contributed by atoms with Gasteiger partial charge in [0.25, 0.3) is 0 Å². The van der Waals surface area contributed by atoms with Gasteiger partial charge < -0.3 is 4.74 Å². The average Bonchev–Trinajstić information content (AvgIpc) is 2.36. The monoisotopic (exact) mass is 285 g/mol. The Morgan fingerprint density at radius 3 is 2.32 bits per heavy atom. The van der Waals surface area contributed by atoms with Gasteiger partial charge in [-0.1, -0.05) is 26.3 Å². The number of esters is 1. The van der Waals surface area contributed by atoms with Crippen LogP contribution < -0.4 is 5.14 Å². The van der Waals surface area contributed by atoms with Crippen molar-refractivity contribution in [3.63, 3.8) is 0 Å². The average molecular weight is 285 g/mol. The van der Waals surface area contributed by atoms with Gasteiger partial charge in [-0.3, -0.25) is 0 Å². The number of primary sulfonamides is 1. The molecule has 0 saturated heterocycles. The molecule has 6 heteroatoms. The molecule has 0 fully saturated rings. The summed E-state index contributed by atoms with van der Waals surface area (Å²) in [7, 11) is -2.58. The summed E-state index contributed by atoms with van der Waals surface area (Å²) in [5, 5.41) is 5.19. The molecule has 0 atom stereocenters. The van der Waals surface area contributed by atoms with E-state index in [0.29, 0.717) is 18.4 Å². The molecule has 0 aliphatic heterocycles. The Bertz CT molecular complexity index is 579. The van der Waals surface area contributed by atoms with E-state index in [0.717, 1.165) is 12.0 Å². The number of benzene rings is 1. The highest BCUT2D eigenvalue weighted by Gasteiger charge is 2.20. The third-order valence-electron chi connectivity index (χ3n) is 2.90. The van der Waals surface area contributed by atoms with Gasteiger partial charge in [0, 0.05) is 0 Å². The van der Waals surface area contributed by atoms with E-state index in [-0.39, 0.29) is 10.5 Å². The molecule has 0 spiro atoms. The number of sulfonamides is 1. The normalized spacial score (nSPS) is 11.4. The molecule has 0 aliphatic rings. The summed E-state index contributed by atoms with van der Waals surface area (Å²) in [6.07, 6.45) is 2.06. The summed E-state index contributed by atoms with van der Waals surface area (Å²) in [6, 6.07) is 3.06. The van der Waals surface area contributed by atoms with Crippen LogP contribution in [0.3, 0.4) is 0 Å². The van der Waals surface area contributed by atoms with Gasteiger partial charge in [-0.2, -0.15) is 0 Å². The van der Waals surface area contributed by atoms with E-state index in [9.17, 15) is 13.2 Å². The van der Waals surface area contributed by atoms with Gasteiger partial charge in [0.05, 0.1) is 17.6 Å². The topological polar surface area (TPSA) is 86.5 Å². The van der Waals surface area contributed by atoms with Crippen LogP contribution >= 0.6 is 0 Å². The molecule has 0 amide bonds. The zero-order valence-electron chi connectivity index (χ0n) is 11.4. The molecule has 2 N–H and O–H groups in total. The molecule has 0 unspecified atom stereocenters. The van der Waals surface area contributed by atoms with Crippen LogP contribution in [0.5, 0.6) is 0 Å². The summed E-state index contributed by atoms with van der Waals surface area (Å²) in [5.41, 5.74) is 1.68. The van der Waals surface area contributed by atoms with Gasteiger partial charge in [-0.15, -0.1) is 0 Å². The number of hydrogen-bond acceptors (Lipinski definition) is 4. The second kappa shape index (κ2) is 6.16. The lowest BCUT2D eigenvalue weighted by Gasteiger charge is -2.13. The first-order valence-electron chi connectivity index (χ1n) is 6.12. The number of hydrogen-bond donors (Lipinski definition) is 1. The van der Waals surface area contributed by atoms with E-state index in [4.69, 9.17) is 5.14 Å². The van der Waals surface area contributed by atoms with Crippen LogP contribution in [0.4, 0.5) is 0 Å². The van der Waals surface area contributed by atoms with Gasteiger partial charge in [-0.25, -0.2) is 18.4 Å². The first-order valence-corrected chi connectivity index (χ1v) is 7.66. The predicted molar refractivity (Wildman–Crippen MR) is 72.5 cm³/mol. The highest BCUT2D eigenvalue weighted by Crippen LogP contribution is 2.23. The molecule has 0 aliphatic carbocycles. The number of methoxy groups -OCH3 is 1. The lowest BCUT2D eigenvalue weighted by atomic mass is 9.99. The number of nitrogens with two attached hydrogens (primary N) is 1. The maximum absolute atomic E-state index is 11.7. The van der Waals surface area contributed by atoms with Crippen molar-refractivity contribution in [1.29, 1.82) is 0 Å².